The van der Waals surface area contributed by atoms with Crippen molar-refractivity contribution in [2.45, 2.75) is 58.5 Å². The fraction of sp³-hybridized carbons (Fsp3) is 0.556. The van der Waals surface area contributed by atoms with Crippen LogP contribution < -0.4 is 10.6 Å². The summed E-state index contributed by atoms with van der Waals surface area (Å²) < 4.78 is 5.70. The molecule has 1 saturated carbocycles. The number of hydrogen-bond acceptors (Lipinski definition) is 3. The molecule has 0 saturated heterocycles. The predicted molar refractivity (Wildman–Crippen MR) is 89.8 cm³/mol. The highest BCUT2D eigenvalue weighted by Crippen LogP contribution is 2.47. The Labute approximate surface area is 137 Å². The Kier molecular flexibility index (Phi) is 4.97. The summed E-state index contributed by atoms with van der Waals surface area (Å²) in [6.07, 6.45) is 4.18. The summed E-state index contributed by atoms with van der Waals surface area (Å²) in [7, 11) is 0. The van der Waals surface area contributed by atoms with Gasteiger partial charge in [-0.15, -0.1) is 0 Å². The van der Waals surface area contributed by atoms with Gasteiger partial charge in [0, 0.05) is 17.5 Å². The van der Waals surface area contributed by atoms with Crippen molar-refractivity contribution in [3.8, 4) is 0 Å². The minimum Gasteiger partial charge on any atom is -0.461 e. The van der Waals surface area contributed by atoms with E-state index in [-0.39, 0.29) is 17.4 Å². The van der Waals surface area contributed by atoms with Gasteiger partial charge < -0.3 is 15.1 Å². The van der Waals surface area contributed by atoms with Crippen LogP contribution in [0, 0.1) is 5.92 Å². The van der Waals surface area contributed by atoms with Crippen LogP contribution in [0.15, 0.2) is 22.6 Å². The Morgan fingerprint density at radius 1 is 1.35 bits per heavy atom. The van der Waals surface area contributed by atoms with Crippen molar-refractivity contribution in [2.24, 2.45) is 5.92 Å². The minimum atomic E-state index is -0.592. The van der Waals surface area contributed by atoms with E-state index in [0.29, 0.717) is 17.6 Å². The van der Waals surface area contributed by atoms with Crippen LogP contribution in [0.4, 0.5) is 0 Å². The van der Waals surface area contributed by atoms with Crippen LogP contribution in [-0.4, -0.2) is 23.4 Å². The lowest BCUT2D eigenvalue weighted by Gasteiger charge is -2.23. The van der Waals surface area contributed by atoms with E-state index in [1.54, 1.807) is 13.0 Å². The molecule has 2 amide bonds. The summed E-state index contributed by atoms with van der Waals surface area (Å²) in [5.74, 6) is 2.31. The molecular weight excluding hydrogens is 292 g/mol. The molecule has 1 aromatic rings. The van der Waals surface area contributed by atoms with E-state index in [1.165, 1.54) is 6.08 Å². The number of rotatable bonds is 5. The molecule has 0 aromatic carbocycles. The van der Waals surface area contributed by atoms with E-state index in [9.17, 15) is 9.59 Å². The molecule has 1 fully saturated rings. The normalized spacial score (nSPS) is 22.0. The molecule has 1 aromatic heterocycles. The van der Waals surface area contributed by atoms with Crippen LogP contribution in [0.5, 0.6) is 0 Å². The second kappa shape index (κ2) is 6.60. The first-order valence-electron chi connectivity index (χ1n) is 8.06. The number of carbonyl (C=O) groups excluding carboxylic acids is 2. The zero-order chi connectivity index (χ0) is 17.2. The Bertz CT molecular complexity index is 610. The zero-order valence-corrected chi connectivity index (χ0v) is 14.5. The van der Waals surface area contributed by atoms with Crippen molar-refractivity contribution in [3.63, 3.8) is 0 Å². The highest BCUT2D eigenvalue weighted by atomic mass is 16.3. The molecule has 0 unspecified atom stereocenters. The molecule has 1 aliphatic carbocycles. The maximum atomic E-state index is 11.9. The summed E-state index contributed by atoms with van der Waals surface area (Å²) in [4.78, 5) is 23.8. The van der Waals surface area contributed by atoms with E-state index >= 15 is 0 Å². The highest BCUT2D eigenvalue weighted by Gasteiger charge is 2.36. The van der Waals surface area contributed by atoms with Crippen LogP contribution in [0.2, 0.25) is 0 Å². The van der Waals surface area contributed by atoms with Crippen LogP contribution >= 0.6 is 0 Å². The number of hydrogen-bond donors (Lipinski definition) is 2. The molecular formula is C18H26N2O3. The molecule has 0 bridgehead atoms. The summed E-state index contributed by atoms with van der Waals surface area (Å²) >= 11 is 0. The maximum Gasteiger partial charge on any atom is 0.244 e. The number of nitrogens with one attached hydrogen (secondary N) is 2. The van der Waals surface area contributed by atoms with Crippen molar-refractivity contribution in [1.82, 2.24) is 10.6 Å². The molecule has 2 rings (SSSR count). The summed E-state index contributed by atoms with van der Waals surface area (Å²) in [6.45, 7) is 9.55. The van der Waals surface area contributed by atoms with Gasteiger partial charge >= 0.3 is 0 Å². The molecule has 1 heterocycles. The van der Waals surface area contributed by atoms with Gasteiger partial charge in [-0.2, -0.15) is 0 Å². The molecule has 0 aliphatic heterocycles. The average Bonchev–Trinajstić information content (AvgIpc) is 2.98. The first-order chi connectivity index (χ1) is 10.7. The predicted octanol–water partition coefficient (Wildman–Crippen LogP) is 2.84. The molecule has 3 atom stereocenters. The summed E-state index contributed by atoms with van der Waals surface area (Å²) in [5.41, 5.74) is -0.323. The van der Waals surface area contributed by atoms with Crippen LogP contribution in [0.3, 0.4) is 0 Å². The van der Waals surface area contributed by atoms with Crippen molar-refractivity contribution in [2.75, 3.05) is 0 Å². The highest BCUT2D eigenvalue weighted by molar-refractivity contribution is 5.95. The van der Waals surface area contributed by atoms with Gasteiger partial charge in [0.25, 0.3) is 0 Å². The van der Waals surface area contributed by atoms with Crippen LogP contribution in [0.25, 0.3) is 6.08 Å². The lowest BCUT2D eigenvalue weighted by molar-refractivity contribution is -0.127. The third kappa shape index (κ3) is 5.27. The Morgan fingerprint density at radius 3 is 2.57 bits per heavy atom. The van der Waals surface area contributed by atoms with Gasteiger partial charge in [0.1, 0.15) is 17.6 Å². The van der Waals surface area contributed by atoms with Gasteiger partial charge in [0.2, 0.25) is 11.8 Å². The molecule has 0 spiro atoms. The fourth-order valence-electron chi connectivity index (χ4n) is 2.34. The smallest absolute Gasteiger partial charge is 0.244 e. The monoisotopic (exact) mass is 318 g/mol. The molecule has 5 heteroatoms. The molecule has 23 heavy (non-hydrogen) atoms. The third-order valence-corrected chi connectivity index (χ3v) is 3.77. The van der Waals surface area contributed by atoms with Crippen LogP contribution in [0.1, 0.15) is 58.5 Å². The van der Waals surface area contributed by atoms with E-state index in [4.69, 9.17) is 4.42 Å². The van der Waals surface area contributed by atoms with Crippen molar-refractivity contribution >= 4 is 17.9 Å². The average molecular weight is 318 g/mol. The van der Waals surface area contributed by atoms with Gasteiger partial charge in [-0.3, -0.25) is 9.59 Å². The molecule has 5 nitrogen and oxygen atoms in total. The van der Waals surface area contributed by atoms with E-state index < -0.39 is 6.04 Å². The maximum absolute atomic E-state index is 11.9. The van der Waals surface area contributed by atoms with E-state index in [2.05, 4.69) is 17.6 Å². The number of carbonyl (C=O) groups is 2. The first-order valence-corrected chi connectivity index (χ1v) is 8.06. The second-order valence-electron chi connectivity index (χ2n) is 7.36. The lowest BCUT2D eigenvalue weighted by atomic mass is 10.1. The van der Waals surface area contributed by atoms with Crippen molar-refractivity contribution in [1.29, 1.82) is 0 Å². The number of amides is 2. The second-order valence-corrected chi connectivity index (χ2v) is 7.36. The van der Waals surface area contributed by atoms with Gasteiger partial charge in [0.15, 0.2) is 0 Å². The Morgan fingerprint density at radius 2 is 2.00 bits per heavy atom. The number of furan rings is 1. The standard InChI is InChI=1S/C18H26N2O3/c1-11-10-14(11)15-8-6-13(23-15)7-9-16(21)19-12(2)17(22)20-18(3,4)5/h6-9,11-12,14H,10H2,1-5H3,(H,19,21)(H,20,22)/b9-7+/t11-,12+,14-/m1/s1. The SMILES string of the molecule is C[C@H](NC(=O)/C=C/c1ccc([C@@H]2C[C@H]2C)o1)C(=O)NC(C)(C)C. The van der Waals surface area contributed by atoms with Crippen molar-refractivity contribution < 1.29 is 14.0 Å². The molecule has 0 radical (unpaired) electrons. The van der Waals surface area contributed by atoms with E-state index in [1.807, 2.05) is 32.9 Å². The van der Waals surface area contributed by atoms with Gasteiger partial charge in [-0.05, 0) is 58.2 Å². The lowest BCUT2D eigenvalue weighted by Crippen LogP contribution is -2.50. The minimum absolute atomic E-state index is 0.206. The molecule has 126 valence electrons. The summed E-state index contributed by atoms with van der Waals surface area (Å²) in [5, 5.41) is 5.47. The quantitative estimate of drug-likeness (QED) is 0.820. The summed E-state index contributed by atoms with van der Waals surface area (Å²) in [6, 6.07) is 3.23. The fourth-order valence-corrected chi connectivity index (χ4v) is 2.34. The van der Waals surface area contributed by atoms with Gasteiger partial charge in [-0.25, -0.2) is 0 Å². The van der Waals surface area contributed by atoms with Crippen LogP contribution in [-0.2, 0) is 9.59 Å². The zero-order valence-electron chi connectivity index (χ0n) is 14.5. The third-order valence-electron chi connectivity index (χ3n) is 3.77. The first kappa shape index (κ1) is 17.3. The Balaban J connectivity index is 1.84. The Hall–Kier alpha value is -2.04. The van der Waals surface area contributed by atoms with Crippen molar-refractivity contribution in [3.05, 3.63) is 29.7 Å². The molecule has 1 aliphatic rings. The van der Waals surface area contributed by atoms with E-state index in [0.717, 1.165) is 12.2 Å². The van der Waals surface area contributed by atoms with Gasteiger partial charge in [-0.1, -0.05) is 6.92 Å². The molecule has 2 N–H and O–H groups in total. The largest absolute Gasteiger partial charge is 0.461 e. The van der Waals surface area contributed by atoms with Gasteiger partial charge in [0.05, 0.1) is 0 Å². The topological polar surface area (TPSA) is 71.3 Å².